The molecule has 0 aromatic heterocycles. The van der Waals surface area contributed by atoms with Gasteiger partial charge in [0.05, 0.1) is 12.7 Å². The largest absolute Gasteiger partial charge is 0.468 e. The van der Waals surface area contributed by atoms with Gasteiger partial charge in [-0.15, -0.1) is 0 Å². The minimum Gasteiger partial charge on any atom is -0.468 e. The van der Waals surface area contributed by atoms with Crippen molar-refractivity contribution >= 4 is 11.8 Å². The van der Waals surface area contributed by atoms with Crippen molar-refractivity contribution in [3.05, 3.63) is 35.1 Å². The fourth-order valence-electron chi connectivity index (χ4n) is 1.80. The van der Waals surface area contributed by atoms with E-state index in [0.29, 0.717) is 0 Å². The molecule has 0 radical (unpaired) electrons. The maximum absolute atomic E-state index is 13.6. The third kappa shape index (κ3) is 2.94. The number of aryl methyl sites for hydroxylation is 1. The van der Waals surface area contributed by atoms with E-state index in [-0.39, 0.29) is 11.5 Å². The van der Waals surface area contributed by atoms with E-state index < -0.39 is 23.5 Å². The maximum Gasteiger partial charge on any atom is 0.316 e. The van der Waals surface area contributed by atoms with Gasteiger partial charge in [-0.2, -0.15) is 0 Å². The van der Waals surface area contributed by atoms with Crippen molar-refractivity contribution in [1.29, 1.82) is 0 Å². The fraction of sp³-hybridized carbons (Fsp3) is 0.429. The molecule has 1 atom stereocenters. The second kappa shape index (κ2) is 5.76. The zero-order chi connectivity index (χ0) is 13.9. The Hall–Kier alpha value is -1.71. The molecule has 1 aromatic carbocycles. The molecule has 0 aliphatic rings. The summed E-state index contributed by atoms with van der Waals surface area (Å²) >= 11 is 0. The molecule has 1 rings (SSSR count). The summed E-state index contributed by atoms with van der Waals surface area (Å²) in [5.74, 6) is -2.98. The molecular weight excluding hydrogens is 235 g/mol. The minimum atomic E-state index is -0.966. The summed E-state index contributed by atoms with van der Waals surface area (Å²) in [5.41, 5.74) is 0.714. The first-order chi connectivity index (χ1) is 8.38. The molecule has 1 aromatic rings. The zero-order valence-corrected chi connectivity index (χ0v) is 11.0. The molecule has 98 valence electrons. The summed E-state index contributed by atoms with van der Waals surface area (Å²) < 4.78 is 18.2. The number of hydrogen-bond acceptors (Lipinski definition) is 3. The number of hydrogen-bond donors (Lipinski definition) is 0. The van der Waals surface area contributed by atoms with Gasteiger partial charge < -0.3 is 4.74 Å². The number of methoxy groups -OCH3 is 1. The topological polar surface area (TPSA) is 43.4 Å². The predicted octanol–water partition coefficient (Wildman–Crippen LogP) is 2.76. The fourth-order valence-corrected chi connectivity index (χ4v) is 1.80. The van der Waals surface area contributed by atoms with Crippen molar-refractivity contribution in [2.24, 2.45) is 11.8 Å². The number of carbonyl (C=O) groups is 2. The van der Waals surface area contributed by atoms with Gasteiger partial charge in [0.15, 0.2) is 5.78 Å². The Labute approximate surface area is 106 Å². The van der Waals surface area contributed by atoms with Gasteiger partial charge in [0.2, 0.25) is 0 Å². The van der Waals surface area contributed by atoms with E-state index in [1.165, 1.54) is 19.2 Å². The average Bonchev–Trinajstić information content (AvgIpc) is 2.31. The molecule has 4 heteroatoms. The van der Waals surface area contributed by atoms with E-state index in [4.69, 9.17) is 0 Å². The van der Waals surface area contributed by atoms with E-state index in [2.05, 4.69) is 4.74 Å². The third-order valence-corrected chi connectivity index (χ3v) is 2.79. The summed E-state index contributed by atoms with van der Waals surface area (Å²) in [5, 5.41) is 0. The minimum absolute atomic E-state index is 0.0564. The van der Waals surface area contributed by atoms with Gasteiger partial charge in [-0.3, -0.25) is 9.59 Å². The highest BCUT2D eigenvalue weighted by atomic mass is 19.1. The van der Waals surface area contributed by atoms with Crippen LogP contribution < -0.4 is 0 Å². The Morgan fingerprint density at radius 3 is 2.39 bits per heavy atom. The second-order valence-corrected chi connectivity index (χ2v) is 4.59. The first kappa shape index (κ1) is 14.4. The van der Waals surface area contributed by atoms with Gasteiger partial charge in [0.1, 0.15) is 11.7 Å². The first-order valence-corrected chi connectivity index (χ1v) is 5.76. The SMILES string of the molecule is COC(=O)C(C(=O)c1cc(C)ccc1F)C(C)C. The Morgan fingerprint density at radius 2 is 1.89 bits per heavy atom. The lowest BCUT2D eigenvalue weighted by atomic mass is 9.87. The lowest BCUT2D eigenvalue weighted by molar-refractivity contribution is -0.144. The Balaban J connectivity index is 3.17. The van der Waals surface area contributed by atoms with Crippen LogP contribution in [0.3, 0.4) is 0 Å². The van der Waals surface area contributed by atoms with Crippen LogP contribution in [0.2, 0.25) is 0 Å². The van der Waals surface area contributed by atoms with Crippen LogP contribution in [0.5, 0.6) is 0 Å². The highest BCUT2D eigenvalue weighted by Gasteiger charge is 2.32. The quantitative estimate of drug-likeness (QED) is 0.470. The first-order valence-electron chi connectivity index (χ1n) is 5.76. The van der Waals surface area contributed by atoms with Crippen molar-refractivity contribution in [3.63, 3.8) is 0 Å². The lowest BCUT2D eigenvalue weighted by Crippen LogP contribution is -2.30. The van der Waals surface area contributed by atoms with Crippen molar-refractivity contribution in [3.8, 4) is 0 Å². The maximum atomic E-state index is 13.6. The molecule has 0 saturated carbocycles. The normalized spacial score (nSPS) is 12.3. The number of halogens is 1. The predicted molar refractivity (Wildman–Crippen MR) is 65.8 cm³/mol. The van der Waals surface area contributed by atoms with Gasteiger partial charge in [0.25, 0.3) is 0 Å². The van der Waals surface area contributed by atoms with Gasteiger partial charge >= 0.3 is 5.97 Å². The molecule has 18 heavy (non-hydrogen) atoms. The number of benzene rings is 1. The number of esters is 1. The summed E-state index contributed by atoms with van der Waals surface area (Å²) in [4.78, 5) is 23.8. The molecule has 0 amide bonds. The highest BCUT2D eigenvalue weighted by molar-refractivity contribution is 6.09. The Bertz CT molecular complexity index is 466. The van der Waals surface area contributed by atoms with E-state index in [0.717, 1.165) is 5.56 Å². The van der Waals surface area contributed by atoms with Crippen LogP contribution in [-0.2, 0) is 9.53 Å². The van der Waals surface area contributed by atoms with Gasteiger partial charge in [0, 0.05) is 0 Å². The number of Topliss-reactive ketones (excluding diaryl/α,β-unsaturated/α-hetero) is 1. The molecule has 1 unspecified atom stereocenters. The average molecular weight is 252 g/mol. The molecule has 0 spiro atoms. The van der Waals surface area contributed by atoms with Crippen molar-refractivity contribution in [2.75, 3.05) is 7.11 Å². The molecule has 0 bridgehead atoms. The van der Waals surface area contributed by atoms with Crippen LogP contribution >= 0.6 is 0 Å². The van der Waals surface area contributed by atoms with Crippen LogP contribution in [0.4, 0.5) is 4.39 Å². The summed E-state index contributed by atoms with van der Waals surface area (Å²) in [6, 6.07) is 4.27. The number of rotatable bonds is 4. The smallest absolute Gasteiger partial charge is 0.316 e. The van der Waals surface area contributed by atoms with Crippen LogP contribution in [0.25, 0.3) is 0 Å². The van der Waals surface area contributed by atoms with Crippen molar-refractivity contribution < 1.29 is 18.7 Å². The summed E-state index contributed by atoms with van der Waals surface area (Å²) in [6.07, 6.45) is 0. The van der Waals surface area contributed by atoms with Crippen LogP contribution in [-0.4, -0.2) is 18.9 Å². The van der Waals surface area contributed by atoms with E-state index in [1.807, 2.05) is 0 Å². The molecule has 0 N–H and O–H groups in total. The van der Waals surface area contributed by atoms with Crippen LogP contribution in [0.15, 0.2) is 18.2 Å². The monoisotopic (exact) mass is 252 g/mol. The molecule has 0 aliphatic heterocycles. The molecular formula is C14H17FO3. The van der Waals surface area contributed by atoms with Gasteiger partial charge in [-0.25, -0.2) is 4.39 Å². The highest BCUT2D eigenvalue weighted by Crippen LogP contribution is 2.21. The van der Waals surface area contributed by atoms with Crippen molar-refractivity contribution in [1.82, 2.24) is 0 Å². The number of ketones is 1. The van der Waals surface area contributed by atoms with E-state index >= 15 is 0 Å². The standard InChI is InChI=1S/C14H17FO3/c1-8(2)12(14(17)18-4)13(16)10-7-9(3)5-6-11(10)15/h5-8,12H,1-4H3. The summed E-state index contributed by atoms with van der Waals surface area (Å²) in [6.45, 7) is 5.22. The third-order valence-electron chi connectivity index (χ3n) is 2.79. The van der Waals surface area contributed by atoms with Crippen molar-refractivity contribution in [2.45, 2.75) is 20.8 Å². The molecule has 0 saturated heterocycles. The zero-order valence-electron chi connectivity index (χ0n) is 11.0. The van der Waals surface area contributed by atoms with Crippen LogP contribution in [0, 0.1) is 24.6 Å². The Kier molecular flexibility index (Phi) is 4.59. The second-order valence-electron chi connectivity index (χ2n) is 4.59. The summed E-state index contributed by atoms with van der Waals surface area (Å²) in [7, 11) is 1.22. The van der Waals surface area contributed by atoms with E-state index in [1.54, 1.807) is 26.8 Å². The Morgan fingerprint density at radius 1 is 1.28 bits per heavy atom. The number of ether oxygens (including phenoxy) is 1. The molecule has 0 heterocycles. The molecule has 3 nitrogen and oxygen atoms in total. The van der Waals surface area contributed by atoms with Gasteiger partial charge in [-0.1, -0.05) is 25.5 Å². The number of carbonyl (C=O) groups excluding carboxylic acids is 2. The lowest BCUT2D eigenvalue weighted by Gasteiger charge is -2.17. The molecule has 0 aliphatic carbocycles. The van der Waals surface area contributed by atoms with Crippen LogP contribution in [0.1, 0.15) is 29.8 Å². The van der Waals surface area contributed by atoms with E-state index in [9.17, 15) is 14.0 Å². The molecule has 0 fully saturated rings. The van der Waals surface area contributed by atoms with Gasteiger partial charge in [-0.05, 0) is 25.0 Å².